The van der Waals surface area contributed by atoms with Crippen molar-refractivity contribution in [3.63, 3.8) is 0 Å². The Labute approximate surface area is 161 Å². The molecule has 0 aromatic carbocycles. The molecule has 2 fully saturated rings. The van der Waals surface area contributed by atoms with Gasteiger partial charge >= 0.3 is 0 Å². The third-order valence-electron chi connectivity index (χ3n) is 6.40. The van der Waals surface area contributed by atoms with Crippen LogP contribution < -0.4 is 4.90 Å². The van der Waals surface area contributed by atoms with E-state index in [1.807, 2.05) is 0 Å². The highest BCUT2D eigenvalue weighted by molar-refractivity contribution is 5.43. The highest BCUT2D eigenvalue weighted by atomic mass is 15.3. The van der Waals surface area contributed by atoms with Gasteiger partial charge in [-0.15, -0.1) is 0 Å². The van der Waals surface area contributed by atoms with E-state index in [0.717, 1.165) is 37.7 Å². The third kappa shape index (κ3) is 3.59. The van der Waals surface area contributed by atoms with Gasteiger partial charge < -0.3 is 9.47 Å². The molecule has 0 spiro atoms. The molecule has 6 nitrogen and oxygen atoms in total. The summed E-state index contributed by atoms with van der Waals surface area (Å²) in [5.41, 5.74) is 2.50. The Morgan fingerprint density at radius 2 is 1.81 bits per heavy atom. The van der Waals surface area contributed by atoms with Crippen molar-refractivity contribution in [1.82, 2.24) is 24.4 Å². The number of nitrogens with zero attached hydrogens (tertiary/aromatic N) is 6. The molecule has 6 heteroatoms. The van der Waals surface area contributed by atoms with Gasteiger partial charge in [-0.3, -0.25) is 4.90 Å². The number of imidazole rings is 1. The second-order valence-electron chi connectivity index (χ2n) is 8.44. The van der Waals surface area contributed by atoms with Crippen LogP contribution in [0.4, 0.5) is 5.82 Å². The molecule has 1 saturated heterocycles. The minimum absolute atomic E-state index is 0.609. The van der Waals surface area contributed by atoms with Crippen LogP contribution in [-0.4, -0.2) is 49.6 Å². The van der Waals surface area contributed by atoms with Crippen LogP contribution in [0.1, 0.15) is 55.7 Å². The molecule has 2 aromatic rings. The fourth-order valence-corrected chi connectivity index (χ4v) is 4.79. The number of hydrogen-bond acceptors (Lipinski definition) is 5. The molecule has 2 aromatic heterocycles. The van der Waals surface area contributed by atoms with Crippen molar-refractivity contribution < 1.29 is 0 Å². The fraction of sp³-hybridized carbons (Fsp3) is 0.667. The summed E-state index contributed by atoms with van der Waals surface area (Å²) in [4.78, 5) is 18.8. The first-order chi connectivity index (χ1) is 13.3. The predicted octanol–water partition coefficient (Wildman–Crippen LogP) is 2.95. The number of hydrogen-bond donors (Lipinski definition) is 0. The average molecular weight is 367 g/mol. The molecule has 0 N–H and O–H groups in total. The van der Waals surface area contributed by atoms with E-state index >= 15 is 0 Å². The van der Waals surface area contributed by atoms with Crippen molar-refractivity contribution in [2.24, 2.45) is 0 Å². The molecule has 27 heavy (non-hydrogen) atoms. The van der Waals surface area contributed by atoms with Crippen LogP contribution in [0.25, 0.3) is 0 Å². The lowest BCUT2D eigenvalue weighted by atomic mass is 10.0. The topological polar surface area (TPSA) is 50.1 Å². The van der Waals surface area contributed by atoms with E-state index in [1.165, 1.54) is 56.5 Å². The van der Waals surface area contributed by atoms with Crippen molar-refractivity contribution in [3.05, 3.63) is 35.8 Å². The van der Waals surface area contributed by atoms with Crippen LogP contribution in [0.5, 0.6) is 0 Å². The largest absolute Gasteiger partial charge is 0.350 e. The van der Waals surface area contributed by atoms with Crippen molar-refractivity contribution in [2.75, 3.05) is 18.0 Å². The Morgan fingerprint density at radius 1 is 1.00 bits per heavy atom. The first kappa shape index (κ1) is 17.2. The fourth-order valence-electron chi connectivity index (χ4n) is 4.79. The summed E-state index contributed by atoms with van der Waals surface area (Å²) in [5, 5.41) is 0. The number of rotatable bonds is 5. The predicted molar refractivity (Wildman–Crippen MR) is 106 cm³/mol. The number of piperidine rings is 1. The summed E-state index contributed by atoms with van der Waals surface area (Å²) in [6.45, 7) is 6.52. The maximum absolute atomic E-state index is 4.74. The van der Waals surface area contributed by atoms with Crippen molar-refractivity contribution in [2.45, 2.75) is 77.0 Å². The summed E-state index contributed by atoms with van der Waals surface area (Å²) in [6, 6.07) is 3.45. The Balaban J connectivity index is 1.24. The first-order valence-corrected chi connectivity index (χ1v) is 10.6. The highest BCUT2D eigenvalue weighted by Crippen LogP contribution is 2.35. The van der Waals surface area contributed by atoms with Crippen LogP contribution >= 0.6 is 0 Å². The van der Waals surface area contributed by atoms with E-state index in [1.54, 1.807) is 6.33 Å². The molecule has 144 valence electrons. The summed E-state index contributed by atoms with van der Waals surface area (Å²) < 4.78 is 2.47. The van der Waals surface area contributed by atoms with Gasteiger partial charge in [0.2, 0.25) is 0 Å². The van der Waals surface area contributed by atoms with Gasteiger partial charge in [-0.1, -0.05) is 0 Å². The van der Waals surface area contributed by atoms with E-state index in [0.29, 0.717) is 12.1 Å². The average Bonchev–Trinajstić information content (AvgIpc) is 3.44. The molecular formula is C21H30N6. The zero-order valence-electron chi connectivity index (χ0n) is 16.3. The lowest BCUT2D eigenvalue weighted by Gasteiger charge is -2.39. The smallest absolute Gasteiger partial charge is 0.132 e. The van der Waals surface area contributed by atoms with Gasteiger partial charge in [0.1, 0.15) is 18.0 Å². The molecule has 3 aliphatic rings. The summed E-state index contributed by atoms with van der Waals surface area (Å²) in [7, 11) is 0. The normalized spacial score (nSPS) is 21.2. The van der Waals surface area contributed by atoms with E-state index in [2.05, 4.69) is 43.5 Å². The lowest BCUT2D eigenvalue weighted by molar-refractivity contribution is 0.193. The zero-order chi connectivity index (χ0) is 18.2. The number of likely N-dealkylation sites (tertiary alicyclic amines) is 1. The summed E-state index contributed by atoms with van der Waals surface area (Å²) in [5.74, 6) is 2.40. The standard InChI is InChI=1S/C21H30N6/c1-16-12-20(24-15-23-16)27(17-5-6-17)18-7-10-25(11-8-18)14-21-22-13-19-4-2-3-9-26(19)21/h12-13,15,17-18H,2-11,14H2,1H3. The second kappa shape index (κ2) is 7.23. The van der Waals surface area contributed by atoms with E-state index in [9.17, 15) is 0 Å². The number of fused-ring (bicyclic) bond motifs is 1. The highest BCUT2D eigenvalue weighted by Gasteiger charge is 2.36. The minimum Gasteiger partial charge on any atom is -0.350 e. The SMILES string of the molecule is Cc1cc(N(C2CC2)C2CCN(Cc3ncc4n3CCCC4)CC2)ncn1. The van der Waals surface area contributed by atoms with E-state index in [4.69, 9.17) is 4.98 Å². The molecule has 0 unspecified atom stereocenters. The minimum atomic E-state index is 0.609. The molecule has 0 amide bonds. The second-order valence-corrected chi connectivity index (χ2v) is 8.44. The van der Waals surface area contributed by atoms with Crippen molar-refractivity contribution >= 4 is 5.82 Å². The Morgan fingerprint density at radius 3 is 2.59 bits per heavy atom. The number of aryl methyl sites for hydroxylation is 2. The molecule has 5 rings (SSSR count). The summed E-state index contributed by atoms with van der Waals surface area (Å²) >= 11 is 0. The molecule has 0 bridgehead atoms. The van der Waals surface area contributed by atoms with Crippen LogP contribution in [0, 0.1) is 6.92 Å². The van der Waals surface area contributed by atoms with Crippen LogP contribution in [0.2, 0.25) is 0 Å². The molecule has 4 heterocycles. The zero-order valence-corrected chi connectivity index (χ0v) is 16.3. The molecule has 0 atom stereocenters. The molecule has 2 aliphatic heterocycles. The van der Waals surface area contributed by atoms with Gasteiger partial charge in [-0.05, 0) is 51.9 Å². The van der Waals surface area contributed by atoms with Gasteiger partial charge in [0.15, 0.2) is 0 Å². The van der Waals surface area contributed by atoms with Gasteiger partial charge in [0.05, 0.1) is 6.54 Å². The maximum atomic E-state index is 4.74. The van der Waals surface area contributed by atoms with E-state index < -0.39 is 0 Å². The molecular weight excluding hydrogens is 336 g/mol. The van der Waals surface area contributed by atoms with Crippen LogP contribution in [0.15, 0.2) is 18.6 Å². The lowest BCUT2D eigenvalue weighted by Crippen LogP contribution is -2.46. The first-order valence-electron chi connectivity index (χ1n) is 10.6. The quantitative estimate of drug-likeness (QED) is 0.814. The Hall–Kier alpha value is -1.95. The monoisotopic (exact) mass is 366 g/mol. The third-order valence-corrected chi connectivity index (χ3v) is 6.40. The van der Waals surface area contributed by atoms with Crippen molar-refractivity contribution in [1.29, 1.82) is 0 Å². The van der Waals surface area contributed by atoms with Gasteiger partial charge in [-0.2, -0.15) is 0 Å². The Kier molecular flexibility index (Phi) is 4.60. The van der Waals surface area contributed by atoms with Gasteiger partial charge in [0.25, 0.3) is 0 Å². The summed E-state index contributed by atoms with van der Waals surface area (Å²) in [6.07, 6.45) is 12.7. The number of anilines is 1. The van der Waals surface area contributed by atoms with Crippen LogP contribution in [0.3, 0.4) is 0 Å². The van der Waals surface area contributed by atoms with E-state index in [-0.39, 0.29) is 0 Å². The van der Waals surface area contributed by atoms with Crippen molar-refractivity contribution in [3.8, 4) is 0 Å². The molecule has 1 aliphatic carbocycles. The Bertz CT molecular complexity index is 788. The number of aromatic nitrogens is 4. The molecule has 0 radical (unpaired) electrons. The van der Waals surface area contributed by atoms with Gasteiger partial charge in [-0.25, -0.2) is 15.0 Å². The van der Waals surface area contributed by atoms with Crippen LogP contribution in [-0.2, 0) is 19.5 Å². The molecule has 1 saturated carbocycles. The van der Waals surface area contributed by atoms with Gasteiger partial charge in [0, 0.05) is 55.4 Å². The maximum Gasteiger partial charge on any atom is 0.132 e.